The molecule has 1 saturated heterocycles. The number of carboxylic acid groups (broad SMARTS) is 2. The van der Waals surface area contributed by atoms with Crippen LogP contribution in [0.5, 0.6) is 0 Å². The van der Waals surface area contributed by atoms with Gasteiger partial charge in [0, 0.05) is 67.5 Å². The van der Waals surface area contributed by atoms with E-state index < -0.39 is 11.9 Å². The molecular formula is C26H33N3O5. The Morgan fingerprint density at radius 1 is 0.882 bits per heavy atom. The first-order chi connectivity index (χ1) is 16.2. The first kappa shape index (κ1) is 25.2. The second-order valence-corrected chi connectivity index (χ2v) is 8.98. The van der Waals surface area contributed by atoms with Crippen molar-refractivity contribution in [3.8, 4) is 0 Å². The van der Waals surface area contributed by atoms with Crippen LogP contribution < -0.4 is 0 Å². The van der Waals surface area contributed by atoms with Crippen LogP contribution in [0.15, 0.2) is 42.5 Å². The molecule has 182 valence electrons. The molecular weight excluding hydrogens is 434 g/mol. The minimum absolute atomic E-state index is 0.309. The van der Waals surface area contributed by atoms with E-state index >= 15 is 0 Å². The number of amides is 1. The fourth-order valence-corrected chi connectivity index (χ4v) is 4.43. The SMILES string of the molecule is CCn1c2ccccc2c2cc(CN3CCN(C(=O)CC(C)C)CC3)ccc21.O=C(O)C(=O)O. The smallest absolute Gasteiger partial charge is 0.414 e. The molecule has 2 heterocycles. The highest BCUT2D eigenvalue weighted by Gasteiger charge is 2.21. The second-order valence-electron chi connectivity index (χ2n) is 8.98. The molecule has 1 aliphatic rings. The van der Waals surface area contributed by atoms with E-state index in [0.29, 0.717) is 18.2 Å². The number of aryl methyl sites for hydroxylation is 1. The maximum Gasteiger partial charge on any atom is 0.414 e. The molecule has 34 heavy (non-hydrogen) atoms. The van der Waals surface area contributed by atoms with Gasteiger partial charge in [0.05, 0.1) is 0 Å². The predicted molar refractivity (Wildman–Crippen MR) is 132 cm³/mol. The van der Waals surface area contributed by atoms with Gasteiger partial charge >= 0.3 is 11.9 Å². The van der Waals surface area contributed by atoms with Crippen LogP contribution in [0.3, 0.4) is 0 Å². The summed E-state index contributed by atoms with van der Waals surface area (Å²) in [6.07, 6.45) is 0.665. The summed E-state index contributed by atoms with van der Waals surface area (Å²) < 4.78 is 2.40. The minimum atomic E-state index is -1.82. The van der Waals surface area contributed by atoms with E-state index in [-0.39, 0.29) is 0 Å². The van der Waals surface area contributed by atoms with Crippen LogP contribution in [0.4, 0.5) is 0 Å². The standard InChI is InChI=1S/C24H31N3O.C2H2O4/c1-4-27-22-8-6-5-7-20(22)21-16-19(9-10-23(21)27)17-25-11-13-26(14-12-25)24(28)15-18(2)3;3-1(4)2(5)6/h5-10,16,18H,4,11-15,17H2,1-3H3;(H,3,4)(H,5,6). The highest BCUT2D eigenvalue weighted by atomic mass is 16.4. The topological polar surface area (TPSA) is 103 Å². The molecule has 8 nitrogen and oxygen atoms in total. The van der Waals surface area contributed by atoms with E-state index in [9.17, 15) is 4.79 Å². The number of piperazine rings is 1. The third-order valence-corrected chi connectivity index (χ3v) is 6.05. The monoisotopic (exact) mass is 467 g/mol. The fraction of sp³-hybridized carbons (Fsp3) is 0.423. The van der Waals surface area contributed by atoms with Gasteiger partial charge in [0.15, 0.2) is 0 Å². The quantitative estimate of drug-likeness (QED) is 0.555. The summed E-state index contributed by atoms with van der Waals surface area (Å²) in [6, 6.07) is 15.6. The molecule has 1 aliphatic heterocycles. The lowest BCUT2D eigenvalue weighted by Gasteiger charge is -2.35. The average molecular weight is 468 g/mol. The Bertz CT molecular complexity index is 1160. The molecule has 0 saturated carbocycles. The van der Waals surface area contributed by atoms with Crippen LogP contribution in [0.2, 0.25) is 0 Å². The number of aliphatic carboxylic acids is 2. The summed E-state index contributed by atoms with van der Waals surface area (Å²) in [5.74, 6) is -2.91. The van der Waals surface area contributed by atoms with Crippen LogP contribution in [0.25, 0.3) is 21.8 Å². The van der Waals surface area contributed by atoms with Crippen LogP contribution in [-0.4, -0.2) is 68.6 Å². The van der Waals surface area contributed by atoms with Crippen LogP contribution in [0.1, 0.15) is 32.8 Å². The number of benzene rings is 2. The molecule has 0 spiro atoms. The molecule has 0 bridgehead atoms. The summed E-state index contributed by atoms with van der Waals surface area (Å²) >= 11 is 0. The van der Waals surface area contributed by atoms with Crippen molar-refractivity contribution < 1.29 is 24.6 Å². The van der Waals surface area contributed by atoms with Crippen LogP contribution in [0, 0.1) is 5.92 Å². The highest BCUT2D eigenvalue weighted by molar-refractivity contribution is 6.27. The summed E-state index contributed by atoms with van der Waals surface area (Å²) in [6.45, 7) is 12.0. The molecule has 2 N–H and O–H groups in total. The van der Waals surface area contributed by atoms with Crippen molar-refractivity contribution in [3.63, 3.8) is 0 Å². The molecule has 2 aromatic carbocycles. The van der Waals surface area contributed by atoms with Crippen molar-refractivity contribution >= 4 is 39.7 Å². The average Bonchev–Trinajstić information content (AvgIpc) is 3.12. The van der Waals surface area contributed by atoms with E-state index in [1.807, 2.05) is 4.90 Å². The van der Waals surface area contributed by atoms with Gasteiger partial charge in [0.2, 0.25) is 5.91 Å². The Hall–Kier alpha value is -3.39. The lowest BCUT2D eigenvalue weighted by Crippen LogP contribution is -2.48. The number of carbonyl (C=O) groups is 3. The molecule has 0 aliphatic carbocycles. The van der Waals surface area contributed by atoms with Crippen LogP contribution >= 0.6 is 0 Å². The molecule has 1 fully saturated rings. The number of para-hydroxylation sites is 1. The fourth-order valence-electron chi connectivity index (χ4n) is 4.43. The molecule has 0 unspecified atom stereocenters. The first-order valence-electron chi connectivity index (χ1n) is 11.7. The van der Waals surface area contributed by atoms with Gasteiger partial charge in [0.25, 0.3) is 0 Å². The van der Waals surface area contributed by atoms with E-state index in [0.717, 1.165) is 39.3 Å². The lowest BCUT2D eigenvalue weighted by atomic mass is 10.1. The first-order valence-corrected chi connectivity index (χ1v) is 11.7. The Morgan fingerprint density at radius 3 is 2.09 bits per heavy atom. The van der Waals surface area contributed by atoms with E-state index in [1.165, 1.54) is 27.4 Å². The zero-order chi connectivity index (χ0) is 24.8. The van der Waals surface area contributed by atoms with Crippen molar-refractivity contribution in [1.29, 1.82) is 0 Å². The van der Waals surface area contributed by atoms with Gasteiger partial charge in [-0.2, -0.15) is 0 Å². The molecule has 1 aromatic heterocycles. The van der Waals surface area contributed by atoms with Gasteiger partial charge < -0.3 is 19.7 Å². The maximum absolute atomic E-state index is 12.3. The normalized spacial score (nSPS) is 14.3. The van der Waals surface area contributed by atoms with Gasteiger partial charge in [-0.05, 0) is 36.6 Å². The number of rotatable bonds is 5. The Labute approximate surface area is 199 Å². The third kappa shape index (κ3) is 5.94. The number of hydrogen-bond donors (Lipinski definition) is 2. The van der Waals surface area contributed by atoms with Crippen molar-refractivity contribution in [1.82, 2.24) is 14.4 Å². The molecule has 0 radical (unpaired) electrons. The lowest BCUT2D eigenvalue weighted by molar-refractivity contribution is -0.159. The zero-order valence-corrected chi connectivity index (χ0v) is 20.0. The largest absolute Gasteiger partial charge is 0.473 e. The number of aromatic nitrogens is 1. The number of fused-ring (bicyclic) bond motifs is 3. The molecule has 3 aromatic rings. The van der Waals surface area contributed by atoms with Crippen molar-refractivity contribution in [3.05, 3.63) is 48.0 Å². The van der Waals surface area contributed by atoms with Gasteiger partial charge in [-0.1, -0.05) is 38.1 Å². The number of carbonyl (C=O) groups excluding carboxylic acids is 1. The molecule has 0 atom stereocenters. The number of nitrogens with zero attached hydrogens (tertiary/aromatic N) is 3. The Morgan fingerprint density at radius 2 is 1.50 bits per heavy atom. The van der Waals surface area contributed by atoms with Crippen molar-refractivity contribution in [2.75, 3.05) is 26.2 Å². The van der Waals surface area contributed by atoms with Crippen LogP contribution in [-0.2, 0) is 27.5 Å². The summed E-state index contributed by atoms with van der Waals surface area (Å²) in [7, 11) is 0. The van der Waals surface area contributed by atoms with E-state index in [4.69, 9.17) is 19.8 Å². The van der Waals surface area contributed by atoms with Gasteiger partial charge in [-0.3, -0.25) is 9.69 Å². The summed E-state index contributed by atoms with van der Waals surface area (Å²) in [5.41, 5.74) is 3.99. The Kier molecular flexibility index (Phi) is 8.28. The molecule has 1 amide bonds. The van der Waals surface area contributed by atoms with Crippen molar-refractivity contribution in [2.24, 2.45) is 5.92 Å². The Balaban J connectivity index is 0.000000481. The van der Waals surface area contributed by atoms with E-state index in [2.05, 4.69) is 72.7 Å². The zero-order valence-electron chi connectivity index (χ0n) is 20.0. The highest BCUT2D eigenvalue weighted by Crippen LogP contribution is 2.30. The predicted octanol–water partition coefficient (Wildman–Crippen LogP) is 3.66. The maximum atomic E-state index is 12.3. The molecule has 4 rings (SSSR count). The van der Waals surface area contributed by atoms with E-state index in [1.54, 1.807) is 0 Å². The summed E-state index contributed by atoms with van der Waals surface area (Å²) in [4.78, 5) is 35.0. The summed E-state index contributed by atoms with van der Waals surface area (Å²) in [5, 5.41) is 17.5. The van der Waals surface area contributed by atoms with Gasteiger partial charge in [0.1, 0.15) is 0 Å². The second kappa shape index (κ2) is 11.2. The third-order valence-electron chi connectivity index (χ3n) is 6.05. The number of hydrogen-bond acceptors (Lipinski definition) is 4. The van der Waals surface area contributed by atoms with Gasteiger partial charge in [-0.15, -0.1) is 0 Å². The van der Waals surface area contributed by atoms with Crippen molar-refractivity contribution in [2.45, 2.75) is 40.3 Å². The van der Waals surface area contributed by atoms with Gasteiger partial charge in [-0.25, -0.2) is 9.59 Å². The minimum Gasteiger partial charge on any atom is -0.473 e. The molecule has 8 heteroatoms. The number of carboxylic acids is 2.